The Morgan fingerprint density at radius 2 is 2.00 bits per heavy atom. The molecule has 1 amide bonds. The van der Waals surface area contributed by atoms with Crippen LogP contribution >= 0.6 is 11.3 Å². The minimum atomic E-state index is -0.420. The lowest BCUT2D eigenvalue weighted by atomic mass is 9.97. The van der Waals surface area contributed by atoms with Crippen LogP contribution in [0.2, 0.25) is 0 Å². The zero-order valence-electron chi connectivity index (χ0n) is 13.8. The van der Waals surface area contributed by atoms with Crippen LogP contribution in [0.4, 0.5) is 0 Å². The summed E-state index contributed by atoms with van der Waals surface area (Å²) in [4.78, 5) is 39.5. The topological polar surface area (TPSA) is 99.1 Å². The van der Waals surface area contributed by atoms with Crippen molar-refractivity contribution in [3.8, 4) is 0 Å². The number of aromatic nitrogens is 2. The minimum Gasteiger partial charge on any atom is -0.353 e. The van der Waals surface area contributed by atoms with Gasteiger partial charge in [-0.05, 0) is 38.2 Å². The molecule has 130 valence electrons. The Bertz CT molecular complexity index is 893. The van der Waals surface area contributed by atoms with Crippen molar-refractivity contribution in [2.45, 2.75) is 45.7 Å². The van der Waals surface area contributed by atoms with Crippen LogP contribution in [0.25, 0.3) is 10.2 Å². The van der Waals surface area contributed by atoms with Gasteiger partial charge in [0.25, 0.3) is 5.56 Å². The molecule has 0 aromatic carbocycles. The van der Waals surface area contributed by atoms with Gasteiger partial charge in [-0.3, -0.25) is 18.7 Å². The maximum Gasteiger partial charge on any atom is 0.332 e. The highest BCUT2D eigenvalue weighted by Crippen LogP contribution is 2.34. The molecular formula is C16H22N4O3S. The Labute approximate surface area is 143 Å². The normalized spacial score (nSPS) is 13.9. The van der Waals surface area contributed by atoms with Crippen LogP contribution in [-0.4, -0.2) is 28.1 Å². The SMILES string of the molecule is CCn1c(=O)n(CC(=O)NCCN)c(=O)c2c3c(sc21)CCCC3. The second-order valence-electron chi connectivity index (χ2n) is 5.95. The molecule has 0 unspecified atom stereocenters. The van der Waals surface area contributed by atoms with E-state index in [2.05, 4.69) is 5.32 Å². The Hall–Kier alpha value is -1.93. The Morgan fingerprint density at radius 1 is 1.25 bits per heavy atom. The second-order valence-corrected chi connectivity index (χ2v) is 7.03. The van der Waals surface area contributed by atoms with Crippen LogP contribution in [0.15, 0.2) is 9.59 Å². The van der Waals surface area contributed by atoms with E-state index >= 15 is 0 Å². The van der Waals surface area contributed by atoms with Crippen molar-refractivity contribution in [3.63, 3.8) is 0 Å². The fraction of sp³-hybridized carbons (Fsp3) is 0.562. The van der Waals surface area contributed by atoms with E-state index in [-0.39, 0.29) is 18.0 Å². The number of hydrogen-bond acceptors (Lipinski definition) is 5. The van der Waals surface area contributed by atoms with Gasteiger partial charge in [-0.1, -0.05) is 0 Å². The summed E-state index contributed by atoms with van der Waals surface area (Å²) in [5.74, 6) is -0.370. The molecule has 0 spiro atoms. The molecule has 2 aromatic rings. The number of thiophene rings is 1. The summed E-state index contributed by atoms with van der Waals surface area (Å²) in [5, 5.41) is 3.24. The van der Waals surface area contributed by atoms with Crippen molar-refractivity contribution in [1.82, 2.24) is 14.5 Å². The molecule has 3 rings (SSSR count). The number of hydrogen-bond donors (Lipinski definition) is 2. The van der Waals surface area contributed by atoms with Crippen LogP contribution in [0.3, 0.4) is 0 Å². The lowest BCUT2D eigenvalue weighted by Gasteiger charge is -2.12. The van der Waals surface area contributed by atoms with Gasteiger partial charge in [0.2, 0.25) is 5.91 Å². The average molecular weight is 350 g/mol. The van der Waals surface area contributed by atoms with Gasteiger partial charge in [-0.15, -0.1) is 11.3 Å². The number of rotatable bonds is 5. The molecule has 0 fully saturated rings. The van der Waals surface area contributed by atoms with Crippen molar-refractivity contribution in [2.75, 3.05) is 13.1 Å². The molecule has 0 aliphatic heterocycles. The fourth-order valence-corrected chi connectivity index (χ4v) is 4.68. The molecule has 0 atom stereocenters. The lowest BCUT2D eigenvalue weighted by Crippen LogP contribution is -2.44. The summed E-state index contributed by atoms with van der Waals surface area (Å²) in [6.45, 7) is 2.73. The van der Waals surface area contributed by atoms with Crippen LogP contribution in [-0.2, 0) is 30.7 Å². The molecule has 0 saturated carbocycles. The van der Waals surface area contributed by atoms with E-state index in [0.717, 1.165) is 40.6 Å². The number of aryl methyl sites for hydroxylation is 3. The minimum absolute atomic E-state index is 0.266. The number of nitrogens with one attached hydrogen (secondary N) is 1. The number of fused-ring (bicyclic) bond motifs is 3. The largest absolute Gasteiger partial charge is 0.353 e. The van der Waals surface area contributed by atoms with E-state index in [1.54, 1.807) is 15.9 Å². The van der Waals surface area contributed by atoms with Crippen molar-refractivity contribution in [1.29, 1.82) is 0 Å². The maximum atomic E-state index is 12.9. The third-order valence-electron chi connectivity index (χ3n) is 4.40. The average Bonchev–Trinajstić information content (AvgIpc) is 2.96. The van der Waals surface area contributed by atoms with Crippen LogP contribution in [0.1, 0.15) is 30.2 Å². The summed E-state index contributed by atoms with van der Waals surface area (Å²) in [5.41, 5.74) is 5.67. The highest BCUT2D eigenvalue weighted by atomic mass is 32.1. The zero-order valence-corrected chi connectivity index (χ0v) is 14.6. The van der Waals surface area contributed by atoms with E-state index in [9.17, 15) is 14.4 Å². The summed E-state index contributed by atoms with van der Waals surface area (Å²) in [7, 11) is 0. The third-order valence-corrected chi connectivity index (χ3v) is 5.72. The zero-order chi connectivity index (χ0) is 17.3. The van der Waals surface area contributed by atoms with Gasteiger partial charge in [0.15, 0.2) is 0 Å². The number of nitrogens with zero attached hydrogens (tertiary/aromatic N) is 2. The molecule has 2 aromatic heterocycles. The molecule has 24 heavy (non-hydrogen) atoms. The van der Waals surface area contributed by atoms with E-state index in [1.807, 2.05) is 6.92 Å². The lowest BCUT2D eigenvalue weighted by molar-refractivity contribution is -0.121. The first-order valence-corrected chi connectivity index (χ1v) is 9.14. The van der Waals surface area contributed by atoms with Crippen molar-refractivity contribution < 1.29 is 4.79 Å². The number of carbonyl (C=O) groups is 1. The van der Waals surface area contributed by atoms with Gasteiger partial charge in [-0.25, -0.2) is 4.79 Å². The summed E-state index contributed by atoms with van der Waals surface area (Å²) >= 11 is 1.55. The molecule has 1 aliphatic carbocycles. The van der Waals surface area contributed by atoms with Crippen molar-refractivity contribution >= 4 is 27.5 Å². The Morgan fingerprint density at radius 3 is 2.71 bits per heavy atom. The smallest absolute Gasteiger partial charge is 0.332 e. The van der Waals surface area contributed by atoms with Crippen molar-refractivity contribution in [2.24, 2.45) is 5.73 Å². The number of amides is 1. The first-order valence-electron chi connectivity index (χ1n) is 8.33. The molecule has 1 aliphatic rings. The Kier molecular flexibility index (Phi) is 4.86. The maximum absolute atomic E-state index is 12.9. The van der Waals surface area contributed by atoms with Gasteiger partial charge in [-0.2, -0.15) is 0 Å². The molecule has 0 bridgehead atoms. The van der Waals surface area contributed by atoms with Crippen molar-refractivity contribution in [3.05, 3.63) is 31.3 Å². The number of nitrogens with two attached hydrogens (primary N) is 1. The van der Waals surface area contributed by atoms with E-state index in [0.29, 0.717) is 25.0 Å². The van der Waals surface area contributed by atoms with Gasteiger partial charge < -0.3 is 11.1 Å². The van der Waals surface area contributed by atoms with Gasteiger partial charge >= 0.3 is 5.69 Å². The quantitative estimate of drug-likeness (QED) is 0.804. The van der Waals surface area contributed by atoms with E-state index in [4.69, 9.17) is 5.73 Å². The van der Waals surface area contributed by atoms with Crippen LogP contribution < -0.4 is 22.3 Å². The standard InChI is InChI=1S/C16H22N4O3S/c1-2-19-15-13(10-5-3-4-6-11(10)24-15)14(22)20(16(19)23)9-12(21)18-8-7-17/h2-9,17H2,1H3,(H,18,21). The molecule has 0 radical (unpaired) electrons. The number of carbonyl (C=O) groups excluding carboxylic acids is 1. The van der Waals surface area contributed by atoms with Crippen LogP contribution in [0.5, 0.6) is 0 Å². The van der Waals surface area contributed by atoms with Gasteiger partial charge in [0.1, 0.15) is 11.4 Å². The first kappa shape index (κ1) is 16.9. The first-order chi connectivity index (χ1) is 11.6. The summed E-state index contributed by atoms with van der Waals surface area (Å²) < 4.78 is 2.66. The fourth-order valence-electron chi connectivity index (χ4n) is 3.25. The molecule has 8 heteroatoms. The highest BCUT2D eigenvalue weighted by molar-refractivity contribution is 7.18. The molecule has 2 heterocycles. The highest BCUT2D eigenvalue weighted by Gasteiger charge is 2.23. The molecule has 7 nitrogen and oxygen atoms in total. The van der Waals surface area contributed by atoms with Crippen LogP contribution in [0, 0.1) is 0 Å². The third kappa shape index (κ3) is 2.80. The van der Waals surface area contributed by atoms with Gasteiger partial charge in [0.05, 0.1) is 5.39 Å². The van der Waals surface area contributed by atoms with E-state index in [1.165, 1.54) is 4.88 Å². The second kappa shape index (κ2) is 6.90. The van der Waals surface area contributed by atoms with E-state index < -0.39 is 5.69 Å². The molecule has 3 N–H and O–H groups in total. The van der Waals surface area contributed by atoms with Gasteiger partial charge in [0, 0.05) is 24.5 Å². The predicted octanol–water partition coefficient (Wildman–Crippen LogP) is 0.198. The monoisotopic (exact) mass is 350 g/mol. The predicted molar refractivity (Wildman–Crippen MR) is 94.7 cm³/mol. The molecule has 0 saturated heterocycles. The Balaban J connectivity index is 2.17. The molecular weight excluding hydrogens is 328 g/mol. The summed E-state index contributed by atoms with van der Waals surface area (Å²) in [6.07, 6.45) is 4.00. The summed E-state index contributed by atoms with van der Waals surface area (Å²) in [6, 6.07) is 0.